The Kier molecular flexibility index (Phi) is 6.24. The number of nitrogens with zero attached hydrogens (tertiary/aromatic N) is 1. The van der Waals surface area contributed by atoms with Gasteiger partial charge in [0.2, 0.25) is 5.91 Å². The first kappa shape index (κ1) is 19.3. The molecule has 2 amide bonds. The van der Waals surface area contributed by atoms with Crippen LogP contribution in [0.1, 0.15) is 22.8 Å². The molecule has 2 aromatic carbocycles. The third-order valence-corrected chi connectivity index (χ3v) is 3.88. The molecule has 0 spiro atoms. The summed E-state index contributed by atoms with van der Waals surface area (Å²) in [4.78, 5) is 34.4. The molecule has 1 atom stereocenters. The lowest BCUT2D eigenvalue weighted by atomic mass is 10.1. The van der Waals surface area contributed by atoms with Crippen LogP contribution in [-0.2, 0) is 11.3 Å². The van der Waals surface area contributed by atoms with Gasteiger partial charge in [-0.15, -0.1) is 0 Å². The number of benzene rings is 2. The molecular formula is C17H15ClFN3O4. The Balaban J connectivity index is 1.98. The summed E-state index contributed by atoms with van der Waals surface area (Å²) in [7, 11) is 0. The second-order valence-corrected chi connectivity index (χ2v) is 5.83. The molecule has 0 aliphatic rings. The van der Waals surface area contributed by atoms with E-state index in [0.29, 0.717) is 5.56 Å². The monoisotopic (exact) mass is 379 g/mol. The summed E-state index contributed by atoms with van der Waals surface area (Å²) in [5.74, 6) is -1.64. The number of hydrogen-bond acceptors (Lipinski definition) is 4. The van der Waals surface area contributed by atoms with Gasteiger partial charge >= 0.3 is 0 Å². The lowest BCUT2D eigenvalue weighted by molar-refractivity contribution is -0.384. The average molecular weight is 380 g/mol. The molecule has 0 saturated carbocycles. The summed E-state index contributed by atoms with van der Waals surface area (Å²) in [5, 5.41) is 15.7. The van der Waals surface area contributed by atoms with Crippen molar-refractivity contribution >= 4 is 29.1 Å². The highest BCUT2D eigenvalue weighted by Gasteiger charge is 2.20. The number of rotatable bonds is 6. The summed E-state index contributed by atoms with van der Waals surface area (Å²) < 4.78 is 13.5. The molecule has 0 fully saturated rings. The van der Waals surface area contributed by atoms with Crippen LogP contribution in [0.5, 0.6) is 0 Å². The quantitative estimate of drug-likeness (QED) is 0.595. The minimum Gasteiger partial charge on any atom is -0.350 e. The number of hydrogen-bond donors (Lipinski definition) is 2. The third-order valence-electron chi connectivity index (χ3n) is 3.56. The van der Waals surface area contributed by atoms with Gasteiger partial charge in [-0.1, -0.05) is 29.8 Å². The predicted molar refractivity (Wildman–Crippen MR) is 93.3 cm³/mol. The largest absolute Gasteiger partial charge is 0.350 e. The summed E-state index contributed by atoms with van der Waals surface area (Å²) in [5.41, 5.74) is -0.0986. The smallest absolute Gasteiger partial charge is 0.288 e. The zero-order chi connectivity index (χ0) is 19.3. The molecule has 136 valence electrons. The standard InChI is InChI=1S/C17H15ClFN3O4/c1-10(16(23)20-9-12-4-2-3-5-14(12)19)21-17(24)11-6-7-13(18)15(8-11)22(25)26/h2-8,10H,9H2,1H3,(H,20,23)(H,21,24)/t10-/m0/s1. The first-order chi connectivity index (χ1) is 12.3. The Labute approximate surface area is 153 Å². The molecule has 0 unspecified atom stereocenters. The van der Waals surface area contributed by atoms with Crippen molar-refractivity contribution in [3.05, 3.63) is 74.5 Å². The van der Waals surface area contributed by atoms with Crippen molar-refractivity contribution in [1.82, 2.24) is 10.6 Å². The molecule has 7 nitrogen and oxygen atoms in total. The fourth-order valence-corrected chi connectivity index (χ4v) is 2.30. The number of amides is 2. The highest BCUT2D eigenvalue weighted by molar-refractivity contribution is 6.32. The Hall–Kier alpha value is -3.00. The van der Waals surface area contributed by atoms with Gasteiger partial charge in [0.25, 0.3) is 11.6 Å². The molecular weight excluding hydrogens is 365 g/mol. The fraction of sp³-hybridized carbons (Fsp3) is 0.176. The number of carbonyl (C=O) groups excluding carboxylic acids is 2. The minimum atomic E-state index is -0.927. The van der Waals surface area contributed by atoms with Crippen molar-refractivity contribution in [3.63, 3.8) is 0 Å². The van der Waals surface area contributed by atoms with Crippen LogP contribution in [-0.4, -0.2) is 22.8 Å². The first-order valence-corrected chi connectivity index (χ1v) is 7.93. The van der Waals surface area contributed by atoms with E-state index in [-0.39, 0.29) is 17.1 Å². The lowest BCUT2D eigenvalue weighted by Gasteiger charge is -2.14. The zero-order valence-electron chi connectivity index (χ0n) is 13.7. The van der Waals surface area contributed by atoms with Crippen molar-refractivity contribution in [2.75, 3.05) is 0 Å². The topological polar surface area (TPSA) is 101 Å². The van der Waals surface area contributed by atoms with Crippen molar-refractivity contribution in [2.45, 2.75) is 19.5 Å². The number of halogens is 2. The first-order valence-electron chi connectivity index (χ1n) is 7.55. The van der Waals surface area contributed by atoms with Crippen LogP contribution >= 0.6 is 11.6 Å². The summed E-state index contributed by atoms with van der Waals surface area (Å²) >= 11 is 5.70. The van der Waals surface area contributed by atoms with Gasteiger partial charge < -0.3 is 10.6 Å². The van der Waals surface area contributed by atoms with Crippen LogP contribution < -0.4 is 10.6 Å². The van der Waals surface area contributed by atoms with E-state index < -0.39 is 34.3 Å². The van der Waals surface area contributed by atoms with Gasteiger partial charge in [0.05, 0.1) is 4.92 Å². The molecule has 0 aromatic heterocycles. The van der Waals surface area contributed by atoms with E-state index in [1.165, 1.54) is 37.3 Å². The molecule has 2 rings (SSSR count). The molecule has 2 N–H and O–H groups in total. The maximum absolute atomic E-state index is 13.5. The van der Waals surface area contributed by atoms with Crippen molar-refractivity contribution < 1.29 is 18.9 Å². The van der Waals surface area contributed by atoms with E-state index >= 15 is 0 Å². The predicted octanol–water partition coefficient (Wildman–Crippen LogP) is 2.82. The Morgan fingerprint density at radius 3 is 2.62 bits per heavy atom. The molecule has 0 radical (unpaired) electrons. The fourth-order valence-electron chi connectivity index (χ4n) is 2.12. The van der Waals surface area contributed by atoms with Crippen LogP contribution in [0.4, 0.5) is 10.1 Å². The highest BCUT2D eigenvalue weighted by Crippen LogP contribution is 2.25. The van der Waals surface area contributed by atoms with Crippen LogP contribution in [0.15, 0.2) is 42.5 Å². The van der Waals surface area contributed by atoms with Crippen LogP contribution in [0.3, 0.4) is 0 Å². The Morgan fingerprint density at radius 2 is 1.96 bits per heavy atom. The molecule has 26 heavy (non-hydrogen) atoms. The molecule has 0 saturated heterocycles. The normalized spacial score (nSPS) is 11.5. The van der Waals surface area contributed by atoms with Gasteiger partial charge in [-0.25, -0.2) is 4.39 Å². The second-order valence-electron chi connectivity index (χ2n) is 5.43. The second kappa shape index (κ2) is 8.39. The average Bonchev–Trinajstić information content (AvgIpc) is 2.60. The molecule has 9 heteroatoms. The minimum absolute atomic E-state index is 0.00476. The number of nitrogens with one attached hydrogen (secondary N) is 2. The third kappa shape index (κ3) is 4.76. The molecule has 0 aliphatic heterocycles. The molecule has 2 aromatic rings. The number of nitro groups is 1. The summed E-state index contributed by atoms with van der Waals surface area (Å²) in [6.07, 6.45) is 0. The van der Waals surface area contributed by atoms with Crippen LogP contribution in [0.2, 0.25) is 5.02 Å². The number of carbonyl (C=O) groups is 2. The number of nitro benzene ring substituents is 1. The van der Waals surface area contributed by atoms with Crippen LogP contribution in [0.25, 0.3) is 0 Å². The van der Waals surface area contributed by atoms with Crippen molar-refractivity contribution in [3.8, 4) is 0 Å². The van der Waals surface area contributed by atoms with E-state index in [4.69, 9.17) is 11.6 Å². The summed E-state index contributed by atoms with van der Waals surface area (Å²) in [6, 6.07) is 8.64. The van der Waals surface area contributed by atoms with Gasteiger partial charge in [-0.05, 0) is 25.1 Å². The zero-order valence-corrected chi connectivity index (χ0v) is 14.4. The van der Waals surface area contributed by atoms with Crippen LogP contribution in [0, 0.1) is 15.9 Å². The van der Waals surface area contributed by atoms with Gasteiger partial charge in [-0.3, -0.25) is 19.7 Å². The van der Waals surface area contributed by atoms with Crippen molar-refractivity contribution in [1.29, 1.82) is 0 Å². The molecule has 0 aliphatic carbocycles. The van der Waals surface area contributed by atoms with E-state index in [1.807, 2.05) is 0 Å². The van der Waals surface area contributed by atoms with Gasteiger partial charge in [0, 0.05) is 23.7 Å². The molecule has 0 bridgehead atoms. The molecule has 0 heterocycles. The van der Waals surface area contributed by atoms with E-state index in [2.05, 4.69) is 10.6 Å². The summed E-state index contributed by atoms with van der Waals surface area (Å²) in [6.45, 7) is 1.41. The SMILES string of the molecule is C[C@H](NC(=O)c1ccc(Cl)c([N+](=O)[O-])c1)C(=O)NCc1ccccc1F. The maximum atomic E-state index is 13.5. The van der Waals surface area contributed by atoms with Gasteiger partial charge in [-0.2, -0.15) is 0 Å². The van der Waals surface area contributed by atoms with E-state index in [1.54, 1.807) is 6.07 Å². The highest BCUT2D eigenvalue weighted by atomic mass is 35.5. The van der Waals surface area contributed by atoms with Crippen molar-refractivity contribution in [2.24, 2.45) is 0 Å². The van der Waals surface area contributed by atoms with Gasteiger partial charge in [0.15, 0.2) is 0 Å². The van der Waals surface area contributed by atoms with E-state index in [9.17, 15) is 24.1 Å². The van der Waals surface area contributed by atoms with Gasteiger partial charge in [0.1, 0.15) is 16.9 Å². The lowest BCUT2D eigenvalue weighted by Crippen LogP contribution is -2.44. The Bertz CT molecular complexity index is 860. The van der Waals surface area contributed by atoms with E-state index in [0.717, 1.165) is 6.07 Å². The maximum Gasteiger partial charge on any atom is 0.288 e. The Morgan fingerprint density at radius 1 is 1.27 bits per heavy atom.